The lowest BCUT2D eigenvalue weighted by atomic mass is 10.1. The minimum absolute atomic E-state index is 0.381. The van der Waals surface area contributed by atoms with Gasteiger partial charge in [-0.05, 0) is 17.4 Å². The summed E-state index contributed by atoms with van der Waals surface area (Å²) >= 11 is 5.18. The van der Waals surface area contributed by atoms with E-state index in [1.807, 2.05) is 0 Å². The van der Waals surface area contributed by atoms with Gasteiger partial charge in [0.1, 0.15) is 11.6 Å². The summed E-state index contributed by atoms with van der Waals surface area (Å²) in [6, 6.07) is 2.91. The summed E-state index contributed by atoms with van der Waals surface area (Å²) in [5.41, 5.74) is -1.25. The predicted octanol–water partition coefficient (Wildman–Crippen LogP) is 5.72. The maximum absolute atomic E-state index is 14.0. The fourth-order valence-electron chi connectivity index (χ4n) is 2.80. The van der Waals surface area contributed by atoms with Crippen LogP contribution in [0.2, 0.25) is 0 Å². The van der Waals surface area contributed by atoms with Crippen molar-refractivity contribution in [2.75, 3.05) is 0 Å². The number of carbonyl (C=O) groups excluding carboxylic acids is 1. The highest BCUT2D eigenvalue weighted by atomic mass is 35.5. The average molecular weight is 435 g/mol. The molecule has 3 nitrogen and oxygen atoms in total. The van der Waals surface area contributed by atoms with Crippen LogP contribution in [0.4, 0.5) is 30.7 Å². The Balaban J connectivity index is 2.06. The molecular weight excluding hydrogens is 421 g/mol. The van der Waals surface area contributed by atoms with E-state index in [1.165, 1.54) is 13.8 Å². The lowest BCUT2D eigenvalue weighted by Crippen LogP contribution is -2.18. The zero-order chi connectivity index (χ0) is 21.5. The van der Waals surface area contributed by atoms with Gasteiger partial charge in [0.15, 0.2) is 11.6 Å². The molecule has 1 aliphatic carbocycles. The van der Waals surface area contributed by atoms with Crippen LogP contribution in [0.5, 0.6) is 5.75 Å². The Labute approximate surface area is 160 Å². The van der Waals surface area contributed by atoms with Gasteiger partial charge in [-0.3, -0.25) is 4.79 Å². The smallest absolute Gasteiger partial charge is 0.460 e. The third-order valence-corrected chi connectivity index (χ3v) is 4.74. The van der Waals surface area contributed by atoms with E-state index in [9.17, 15) is 35.5 Å². The second-order valence-corrected chi connectivity index (χ2v) is 7.13. The lowest BCUT2D eigenvalue weighted by Gasteiger charge is -2.12. The quantitative estimate of drug-likeness (QED) is 0.439. The molecular formula is C17H14ClF7O3. The van der Waals surface area contributed by atoms with E-state index in [2.05, 4.69) is 4.74 Å². The largest absolute Gasteiger partial charge is 0.573 e. The Morgan fingerprint density at radius 1 is 1.21 bits per heavy atom. The Kier molecular flexibility index (Phi) is 5.94. The van der Waals surface area contributed by atoms with Crippen molar-refractivity contribution in [3.8, 4) is 5.75 Å². The molecule has 0 bridgehead atoms. The van der Waals surface area contributed by atoms with Crippen LogP contribution in [0, 0.1) is 23.1 Å². The monoisotopic (exact) mass is 434 g/mol. The first-order chi connectivity index (χ1) is 12.6. The molecule has 11 heteroatoms. The van der Waals surface area contributed by atoms with E-state index < -0.39 is 59.0 Å². The van der Waals surface area contributed by atoms with Crippen molar-refractivity contribution in [1.29, 1.82) is 0 Å². The Hall–Kier alpha value is -1.97. The van der Waals surface area contributed by atoms with Crippen molar-refractivity contribution in [3.05, 3.63) is 40.7 Å². The molecule has 156 valence electrons. The van der Waals surface area contributed by atoms with Gasteiger partial charge in [-0.15, -0.1) is 13.2 Å². The van der Waals surface area contributed by atoms with Gasteiger partial charge in [-0.25, -0.2) is 4.39 Å². The number of alkyl halides is 6. The van der Waals surface area contributed by atoms with Gasteiger partial charge in [-0.2, -0.15) is 13.2 Å². The van der Waals surface area contributed by atoms with E-state index in [1.54, 1.807) is 0 Å². The van der Waals surface area contributed by atoms with Gasteiger partial charge in [0.05, 0.1) is 5.92 Å². The maximum atomic E-state index is 14.0. The summed E-state index contributed by atoms with van der Waals surface area (Å²) in [5.74, 6) is -5.18. The summed E-state index contributed by atoms with van der Waals surface area (Å²) < 4.78 is 96.7. The minimum atomic E-state index is -5.11. The molecule has 2 atom stereocenters. The first-order valence-electron chi connectivity index (χ1n) is 7.79. The van der Waals surface area contributed by atoms with Gasteiger partial charge in [0.25, 0.3) is 0 Å². The zero-order valence-corrected chi connectivity index (χ0v) is 15.2. The summed E-state index contributed by atoms with van der Waals surface area (Å²) in [6.45, 7) is 2.34. The molecule has 0 N–H and O–H groups in total. The number of carbonyl (C=O) groups is 1. The van der Waals surface area contributed by atoms with Gasteiger partial charge in [-0.1, -0.05) is 43.7 Å². The molecule has 0 amide bonds. The molecule has 1 aromatic rings. The molecule has 0 aliphatic heterocycles. The van der Waals surface area contributed by atoms with Crippen molar-refractivity contribution < 1.29 is 45.0 Å². The first kappa shape index (κ1) is 22.3. The summed E-state index contributed by atoms with van der Waals surface area (Å²) in [4.78, 5) is 12.2. The third-order valence-electron chi connectivity index (χ3n) is 4.40. The fourth-order valence-corrected chi connectivity index (χ4v) is 2.94. The molecule has 28 heavy (non-hydrogen) atoms. The molecule has 1 aromatic carbocycles. The number of halogens is 8. The molecule has 1 fully saturated rings. The highest BCUT2D eigenvalue weighted by Gasteiger charge is 2.62. The number of hydrogen-bond acceptors (Lipinski definition) is 3. The zero-order valence-electron chi connectivity index (χ0n) is 14.4. The van der Waals surface area contributed by atoms with Gasteiger partial charge in [0.2, 0.25) is 0 Å². The highest BCUT2D eigenvalue weighted by molar-refractivity contribution is 6.30. The summed E-state index contributed by atoms with van der Waals surface area (Å²) in [7, 11) is 0. The van der Waals surface area contributed by atoms with Crippen LogP contribution >= 0.6 is 11.6 Å². The van der Waals surface area contributed by atoms with E-state index in [4.69, 9.17) is 16.3 Å². The molecule has 2 rings (SSSR count). The van der Waals surface area contributed by atoms with Crippen LogP contribution in [0.3, 0.4) is 0 Å². The van der Waals surface area contributed by atoms with Crippen LogP contribution in [0.15, 0.2) is 29.3 Å². The van der Waals surface area contributed by atoms with Crippen LogP contribution in [-0.4, -0.2) is 18.5 Å². The molecule has 2 unspecified atom stereocenters. The molecule has 0 heterocycles. The van der Waals surface area contributed by atoms with Crippen LogP contribution in [0.25, 0.3) is 0 Å². The summed E-state index contributed by atoms with van der Waals surface area (Å²) in [6.07, 6.45) is -9.14. The standard InChI is InChI=1S/C17H14ClF7O3/c1-15(2)9(6-11(18)16(20,21)22)12(15)14(26)27-7-8-4-3-5-10(13(8)19)28-17(23,24)25/h3-6,9,12H,7H2,1-2H3. The molecule has 1 saturated carbocycles. The minimum Gasteiger partial charge on any atom is -0.460 e. The normalized spacial score (nSPS) is 22.0. The van der Waals surface area contributed by atoms with E-state index in [0.29, 0.717) is 6.08 Å². The lowest BCUT2D eigenvalue weighted by molar-refractivity contribution is -0.275. The molecule has 1 aliphatic rings. The number of esters is 1. The second-order valence-electron chi connectivity index (χ2n) is 6.72. The third kappa shape index (κ3) is 5.09. The van der Waals surface area contributed by atoms with Crippen molar-refractivity contribution in [2.45, 2.75) is 33.0 Å². The average Bonchev–Trinajstić information content (AvgIpc) is 3.06. The van der Waals surface area contributed by atoms with Crippen LogP contribution in [0.1, 0.15) is 19.4 Å². The Morgan fingerprint density at radius 2 is 1.82 bits per heavy atom. The number of allylic oxidation sites excluding steroid dienone is 2. The van der Waals surface area contributed by atoms with Crippen molar-refractivity contribution in [1.82, 2.24) is 0 Å². The second kappa shape index (κ2) is 7.46. The maximum Gasteiger partial charge on any atom is 0.573 e. The van der Waals surface area contributed by atoms with Gasteiger partial charge in [0, 0.05) is 5.56 Å². The van der Waals surface area contributed by atoms with Crippen molar-refractivity contribution in [2.24, 2.45) is 17.3 Å². The summed E-state index contributed by atoms with van der Waals surface area (Å²) in [5, 5.41) is -1.37. The van der Waals surface area contributed by atoms with Crippen LogP contribution in [-0.2, 0) is 16.1 Å². The van der Waals surface area contributed by atoms with Gasteiger partial charge >= 0.3 is 18.5 Å². The van der Waals surface area contributed by atoms with E-state index >= 15 is 0 Å². The number of benzene rings is 1. The highest BCUT2D eigenvalue weighted by Crippen LogP contribution is 2.60. The molecule has 0 aromatic heterocycles. The first-order valence-corrected chi connectivity index (χ1v) is 8.16. The van der Waals surface area contributed by atoms with Crippen molar-refractivity contribution >= 4 is 17.6 Å². The predicted molar refractivity (Wildman–Crippen MR) is 83.6 cm³/mol. The van der Waals surface area contributed by atoms with Crippen LogP contribution < -0.4 is 4.74 Å². The van der Waals surface area contributed by atoms with E-state index in [0.717, 1.165) is 18.2 Å². The Bertz CT molecular complexity index is 784. The Morgan fingerprint density at radius 3 is 2.36 bits per heavy atom. The van der Waals surface area contributed by atoms with Gasteiger partial charge < -0.3 is 9.47 Å². The molecule has 0 saturated heterocycles. The van der Waals surface area contributed by atoms with E-state index in [-0.39, 0.29) is 5.56 Å². The number of hydrogen-bond donors (Lipinski definition) is 0. The topological polar surface area (TPSA) is 35.5 Å². The molecule has 0 spiro atoms. The SMILES string of the molecule is CC1(C)C(C=C(Cl)C(F)(F)F)C1C(=O)OCc1cccc(OC(F)(F)F)c1F. The van der Waals surface area contributed by atoms with Crippen molar-refractivity contribution in [3.63, 3.8) is 0 Å². The molecule has 0 radical (unpaired) electrons. The fraction of sp³-hybridized carbons (Fsp3) is 0.471. The number of rotatable bonds is 5. The number of ether oxygens (including phenoxy) is 2.